The van der Waals surface area contributed by atoms with E-state index in [0.717, 1.165) is 18.2 Å². The number of aromatic nitrogens is 1. The molecule has 0 fully saturated rings. The van der Waals surface area contributed by atoms with Crippen molar-refractivity contribution in [2.45, 2.75) is 19.8 Å². The van der Waals surface area contributed by atoms with Gasteiger partial charge in [-0.05, 0) is 6.42 Å². The number of hydrogen-bond donors (Lipinski definition) is 0. The maximum Gasteiger partial charge on any atom is 0.185 e. The van der Waals surface area contributed by atoms with Crippen LogP contribution in [0.1, 0.15) is 19.8 Å². The van der Waals surface area contributed by atoms with Crippen LogP contribution in [-0.4, -0.2) is 24.0 Å². The first kappa shape index (κ1) is 10.8. The van der Waals surface area contributed by atoms with Gasteiger partial charge in [-0.2, -0.15) is 0 Å². The summed E-state index contributed by atoms with van der Waals surface area (Å²) in [5, 5.41) is 3.09. The summed E-state index contributed by atoms with van der Waals surface area (Å²) < 4.78 is 0. The van der Waals surface area contributed by atoms with Crippen molar-refractivity contribution in [2.75, 3.05) is 23.9 Å². The molecule has 0 aliphatic heterocycles. The molecule has 0 saturated carbocycles. The predicted octanol–water partition coefficient (Wildman–Crippen LogP) is 2.99. The monoisotopic (exact) mass is 218 g/mol. The fraction of sp³-hybridized carbons (Fsp3) is 0.667. The van der Waals surface area contributed by atoms with E-state index in [2.05, 4.69) is 16.8 Å². The van der Waals surface area contributed by atoms with Gasteiger partial charge in [0.1, 0.15) is 0 Å². The molecule has 1 heterocycles. The molecule has 0 radical (unpaired) electrons. The Balaban J connectivity index is 2.47. The minimum Gasteiger partial charge on any atom is -0.347 e. The van der Waals surface area contributed by atoms with Crippen LogP contribution in [0.15, 0.2) is 11.6 Å². The van der Waals surface area contributed by atoms with Crippen LogP contribution < -0.4 is 4.90 Å². The molecule has 74 valence electrons. The second-order valence-corrected chi connectivity index (χ2v) is 4.10. The van der Waals surface area contributed by atoms with Crippen molar-refractivity contribution in [1.82, 2.24) is 4.98 Å². The van der Waals surface area contributed by atoms with Crippen LogP contribution in [0.3, 0.4) is 0 Å². The molecule has 0 N–H and O–H groups in total. The van der Waals surface area contributed by atoms with E-state index < -0.39 is 0 Å². The van der Waals surface area contributed by atoms with Gasteiger partial charge in [-0.1, -0.05) is 13.3 Å². The SMILES string of the molecule is CCCCN(CCCl)c1nccs1. The van der Waals surface area contributed by atoms with E-state index >= 15 is 0 Å². The highest BCUT2D eigenvalue weighted by Crippen LogP contribution is 2.17. The zero-order valence-electron chi connectivity index (χ0n) is 7.87. The number of anilines is 1. The van der Waals surface area contributed by atoms with Crippen molar-refractivity contribution in [3.8, 4) is 0 Å². The molecule has 0 amide bonds. The summed E-state index contributed by atoms with van der Waals surface area (Å²) in [7, 11) is 0. The third-order valence-corrected chi connectivity index (χ3v) is 2.83. The Morgan fingerprint density at radius 1 is 1.54 bits per heavy atom. The molecule has 0 bridgehead atoms. The van der Waals surface area contributed by atoms with Crippen LogP contribution in [0.25, 0.3) is 0 Å². The van der Waals surface area contributed by atoms with E-state index in [1.54, 1.807) is 11.3 Å². The summed E-state index contributed by atoms with van der Waals surface area (Å²) in [6.45, 7) is 4.16. The van der Waals surface area contributed by atoms with Crippen molar-refractivity contribution in [3.05, 3.63) is 11.6 Å². The summed E-state index contributed by atoms with van der Waals surface area (Å²) in [5.74, 6) is 0.670. The van der Waals surface area contributed by atoms with Gasteiger partial charge in [-0.3, -0.25) is 0 Å². The maximum absolute atomic E-state index is 5.73. The van der Waals surface area contributed by atoms with Crippen molar-refractivity contribution < 1.29 is 0 Å². The number of thiazole rings is 1. The lowest BCUT2D eigenvalue weighted by atomic mass is 10.3. The maximum atomic E-state index is 5.73. The van der Waals surface area contributed by atoms with Crippen LogP contribution >= 0.6 is 22.9 Å². The average Bonchev–Trinajstić information content (AvgIpc) is 2.65. The van der Waals surface area contributed by atoms with Gasteiger partial charge < -0.3 is 4.90 Å². The summed E-state index contributed by atoms with van der Waals surface area (Å²) in [5.41, 5.74) is 0. The normalized spacial score (nSPS) is 10.3. The Hall–Kier alpha value is -0.280. The van der Waals surface area contributed by atoms with E-state index in [9.17, 15) is 0 Å². The molecule has 1 aromatic rings. The number of hydrogen-bond acceptors (Lipinski definition) is 3. The molecule has 0 atom stereocenters. The van der Waals surface area contributed by atoms with E-state index in [-0.39, 0.29) is 0 Å². The van der Waals surface area contributed by atoms with Crippen LogP contribution in [0, 0.1) is 0 Å². The first-order valence-electron chi connectivity index (χ1n) is 4.59. The van der Waals surface area contributed by atoms with Crippen LogP contribution in [0.2, 0.25) is 0 Å². The number of unbranched alkanes of at least 4 members (excludes halogenated alkanes) is 1. The third kappa shape index (κ3) is 3.53. The van der Waals surface area contributed by atoms with Gasteiger partial charge in [0.05, 0.1) is 0 Å². The van der Waals surface area contributed by atoms with Gasteiger partial charge >= 0.3 is 0 Å². The molecule has 0 aliphatic carbocycles. The molecule has 0 spiro atoms. The Bertz CT molecular complexity index is 213. The Kier molecular flexibility index (Phi) is 5.16. The fourth-order valence-electron chi connectivity index (χ4n) is 1.13. The van der Waals surface area contributed by atoms with Gasteiger partial charge in [-0.25, -0.2) is 4.98 Å². The lowest BCUT2D eigenvalue weighted by Gasteiger charge is -2.19. The predicted molar refractivity (Wildman–Crippen MR) is 60.0 cm³/mol. The molecular weight excluding hydrogens is 204 g/mol. The highest BCUT2D eigenvalue weighted by molar-refractivity contribution is 7.13. The summed E-state index contributed by atoms with van der Waals surface area (Å²) in [4.78, 5) is 6.53. The van der Waals surface area contributed by atoms with Gasteiger partial charge in [0.2, 0.25) is 0 Å². The van der Waals surface area contributed by atoms with E-state index in [4.69, 9.17) is 11.6 Å². The molecule has 0 saturated heterocycles. The van der Waals surface area contributed by atoms with Gasteiger partial charge in [-0.15, -0.1) is 22.9 Å². The second-order valence-electron chi connectivity index (χ2n) is 2.84. The summed E-state index contributed by atoms with van der Waals surface area (Å²) in [6, 6.07) is 0. The van der Waals surface area contributed by atoms with Crippen molar-refractivity contribution in [1.29, 1.82) is 0 Å². The van der Waals surface area contributed by atoms with E-state index in [1.807, 2.05) is 11.6 Å². The van der Waals surface area contributed by atoms with E-state index in [1.165, 1.54) is 12.8 Å². The van der Waals surface area contributed by atoms with Gasteiger partial charge in [0.25, 0.3) is 0 Å². The highest BCUT2D eigenvalue weighted by atomic mass is 35.5. The molecule has 2 nitrogen and oxygen atoms in total. The summed E-state index contributed by atoms with van der Waals surface area (Å²) in [6.07, 6.45) is 4.26. The molecule has 0 unspecified atom stereocenters. The highest BCUT2D eigenvalue weighted by Gasteiger charge is 2.06. The Morgan fingerprint density at radius 3 is 2.92 bits per heavy atom. The van der Waals surface area contributed by atoms with Gasteiger partial charge in [0.15, 0.2) is 5.13 Å². The molecule has 4 heteroatoms. The number of nitrogens with zero attached hydrogens (tertiary/aromatic N) is 2. The zero-order chi connectivity index (χ0) is 9.52. The summed E-state index contributed by atoms with van der Waals surface area (Å²) >= 11 is 7.40. The minimum atomic E-state index is 0.670. The molecule has 1 rings (SSSR count). The number of rotatable bonds is 6. The minimum absolute atomic E-state index is 0.670. The molecule has 0 aliphatic rings. The fourth-order valence-corrected chi connectivity index (χ4v) is 2.03. The van der Waals surface area contributed by atoms with Crippen molar-refractivity contribution in [3.63, 3.8) is 0 Å². The standard InChI is InChI=1S/C9H15ClN2S/c1-2-3-6-12(7-4-10)9-11-5-8-13-9/h5,8H,2-4,6-7H2,1H3. The topological polar surface area (TPSA) is 16.1 Å². The second kappa shape index (κ2) is 6.22. The van der Waals surface area contributed by atoms with Crippen LogP contribution in [-0.2, 0) is 0 Å². The average molecular weight is 219 g/mol. The third-order valence-electron chi connectivity index (χ3n) is 1.83. The number of alkyl halides is 1. The van der Waals surface area contributed by atoms with Gasteiger partial charge in [0, 0.05) is 30.5 Å². The molecule has 1 aromatic heterocycles. The molecule has 0 aromatic carbocycles. The zero-order valence-corrected chi connectivity index (χ0v) is 9.44. The first-order chi connectivity index (χ1) is 6.38. The van der Waals surface area contributed by atoms with Crippen molar-refractivity contribution in [2.24, 2.45) is 0 Å². The molecular formula is C9H15ClN2S. The van der Waals surface area contributed by atoms with Crippen LogP contribution in [0.4, 0.5) is 5.13 Å². The lowest BCUT2D eigenvalue weighted by molar-refractivity contribution is 0.731. The Labute approximate surface area is 88.5 Å². The first-order valence-corrected chi connectivity index (χ1v) is 6.00. The Morgan fingerprint density at radius 2 is 2.38 bits per heavy atom. The number of halogens is 1. The van der Waals surface area contributed by atoms with Crippen LogP contribution in [0.5, 0.6) is 0 Å². The lowest BCUT2D eigenvalue weighted by Crippen LogP contribution is -2.26. The van der Waals surface area contributed by atoms with E-state index in [0.29, 0.717) is 5.88 Å². The quantitative estimate of drug-likeness (QED) is 0.683. The largest absolute Gasteiger partial charge is 0.347 e. The van der Waals surface area contributed by atoms with Crippen molar-refractivity contribution >= 4 is 28.1 Å². The smallest absolute Gasteiger partial charge is 0.185 e. The molecule has 13 heavy (non-hydrogen) atoms.